The second-order valence-electron chi connectivity index (χ2n) is 7.51. The van der Waals surface area contributed by atoms with Gasteiger partial charge in [-0.05, 0) is 62.4 Å². The Balaban J connectivity index is 1.94. The minimum Gasteiger partial charge on any atom is -0.443 e. The standard InChI is InChI=1S/C21H25NO3/c1-21(2,3)25-20(24)22(18-10-6-7-15(11-18)14-23)19-12-16-8-4-5-9-17(16)13-19/h4-11,19,23H,12-14H2,1-3H3. The topological polar surface area (TPSA) is 49.8 Å². The molecule has 0 spiro atoms. The van der Waals surface area contributed by atoms with Crippen LogP contribution < -0.4 is 4.90 Å². The maximum atomic E-state index is 12.9. The fraction of sp³-hybridized carbons (Fsp3) is 0.381. The quantitative estimate of drug-likeness (QED) is 0.916. The van der Waals surface area contributed by atoms with Gasteiger partial charge in [0.15, 0.2) is 0 Å². The molecule has 3 rings (SSSR count). The summed E-state index contributed by atoms with van der Waals surface area (Å²) in [5.41, 5.74) is 3.54. The minimum absolute atomic E-state index is 0.0150. The molecule has 4 heteroatoms. The first-order valence-corrected chi connectivity index (χ1v) is 8.66. The Morgan fingerprint density at radius 3 is 2.32 bits per heavy atom. The van der Waals surface area contributed by atoms with Crippen LogP contribution in [-0.2, 0) is 24.2 Å². The predicted molar refractivity (Wildman–Crippen MR) is 98.7 cm³/mol. The van der Waals surface area contributed by atoms with E-state index in [4.69, 9.17) is 4.74 Å². The van der Waals surface area contributed by atoms with Crippen LogP contribution in [0.2, 0.25) is 0 Å². The summed E-state index contributed by atoms with van der Waals surface area (Å²) in [6.45, 7) is 5.56. The number of benzene rings is 2. The van der Waals surface area contributed by atoms with Crippen LogP contribution in [0.1, 0.15) is 37.5 Å². The van der Waals surface area contributed by atoms with Crippen LogP contribution in [-0.4, -0.2) is 22.8 Å². The Morgan fingerprint density at radius 2 is 1.76 bits per heavy atom. The van der Waals surface area contributed by atoms with Crippen LogP contribution >= 0.6 is 0 Å². The van der Waals surface area contributed by atoms with E-state index in [1.54, 1.807) is 4.90 Å². The van der Waals surface area contributed by atoms with Gasteiger partial charge in [0.25, 0.3) is 0 Å². The molecule has 0 radical (unpaired) electrons. The average Bonchev–Trinajstić information content (AvgIpc) is 2.96. The molecule has 2 aromatic carbocycles. The van der Waals surface area contributed by atoms with Crippen LogP contribution in [0, 0.1) is 0 Å². The Kier molecular flexibility index (Phi) is 4.82. The number of hydrogen-bond acceptors (Lipinski definition) is 3. The predicted octanol–water partition coefficient (Wildman–Crippen LogP) is 4.09. The van der Waals surface area contributed by atoms with Gasteiger partial charge in [0.05, 0.1) is 6.61 Å². The van der Waals surface area contributed by atoms with Crippen molar-refractivity contribution in [1.82, 2.24) is 0 Å². The molecule has 0 fully saturated rings. The number of hydrogen-bond donors (Lipinski definition) is 1. The van der Waals surface area contributed by atoms with E-state index in [1.807, 2.05) is 57.2 Å². The van der Waals surface area contributed by atoms with Gasteiger partial charge in [-0.1, -0.05) is 36.4 Å². The Bertz CT molecular complexity index is 739. The summed E-state index contributed by atoms with van der Waals surface area (Å²) in [4.78, 5) is 14.7. The Labute approximate surface area is 149 Å². The van der Waals surface area contributed by atoms with E-state index in [9.17, 15) is 9.90 Å². The second-order valence-corrected chi connectivity index (χ2v) is 7.51. The van der Waals surface area contributed by atoms with Gasteiger partial charge in [0.1, 0.15) is 5.60 Å². The van der Waals surface area contributed by atoms with Crippen molar-refractivity contribution in [3.63, 3.8) is 0 Å². The number of ether oxygens (including phenoxy) is 1. The number of aliphatic hydroxyl groups is 1. The molecule has 1 N–H and O–H groups in total. The highest BCUT2D eigenvalue weighted by molar-refractivity contribution is 5.89. The van der Waals surface area contributed by atoms with Gasteiger partial charge in [0.2, 0.25) is 0 Å². The summed E-state index contributed by atoms with van der Waals surface area (Å²) >= 11 is 0. The molecule has 132 valence electrons. The first kappa shape index (κ1) is 17.5. The van der Waals surface area contributed by atoms with E-state index >= 15 is 0 Å². The molecule has 0 aromatic heterocycles. The number of carbonyl (C=O) groups is 1. The maximum absolute atomic E-state index is 12.9. The highest BCUT2D eigenvalue weighted by Crippen LogP contribution is 2.30. The summed E-state index contributed by atoms with van der Waals surface area (Å²) in [5.74, 6) is 0. The molecular weight excluding hydrogens is 314 g/mol. The summed E-state index contributed by atoms with van der Waals surface area (Å²) in [5, 5.41) is 9.44. The van der Waals surface area contributed by atoms with E-state index < -0.39 is 5.60 Å². The van der Waals surface area contributed by atoms with Gasteiger partial charge in [0, 0.05) is 11.7 Å². The Hall–Kier alpha value is -2.33. The van der Waals surface area contributed by atoms with Gasteiger partial charge in [-0.3, -0.25) is 4.90 Å². The third-order valence-corrected chi connectivity index (χ3v) is 4.36. The largest absolute Gasteiger partial charge is 0.443 e. The molecule has 1 aliphatic rings. The highest BCUT2D eigenvalue weighted by Gasteiger charge is 2.33. The van der Waals surface area contributed by atoms with Crippen molar-refractivity contribution in [3.8, 4) is 0 Å². The van der Waals surface area contributed by atoms with Crippen LogP contribution in [0.4, 0.5) is 10.5 Å². The molecule has 0 aliphatic heterocycles. The molecule has 0 atom stereocenters. The van der Waals surface area contributed by atoms with E-state index in [1.165, 1.54) is 11.1 Å². The number of carbonyl (C=O) groups excluding carboxylic acids is 1. The maximum Gasteiger partial charge on any atom is 0.415 e. The zero-order valence-electron chi connectivity index (χ0n) is 15.0. The third-order valence-electron chi connectivity index (χ3n) is 4.36. The van der Waals surface area contributed by atoms with Crippen molar-refractivity contribution >= 4 is 11.8 Å². The molecule has 2 aromatic rings. The van der Waals surface area contributed by atoms with E-state index in [0.717, 1.165) is 24.1 Å². The van der Waals surface area contributed by atoms with Gasteiger partial charge < -0.3 is 9.84 Å². The third kappa shape index (κ3) is 4.02. The minimum atomic E-state index is -0.560. The molecule has 25 heavy (non-hydrogen) atoms. The van der Waals surface area contributed by atoms with E-state index in [-0.39, 0.29) is 18.7 Å². The van der Waals surface area contributed by atoms with Gasteiger partial charge in [-0.25, -0.2) is 4.79 Å². The fourth-order valence-electron chi connectivity index (χ4n) is 3.30. The van der Waals surface area contributed by atoms with Crippen molar-refractivity contribution < 1.29 is 14.6 Å². The summed E-state index contributed by atoms with van der Waals surface area (Å²) in [6, 6.07) is 15.8. The highest BCUT2D eigenvalue weighted by atomic mass is 16.6. The summed E-state index contributed by atoms with van der Waals surface area (Å²) in [7, 11) is 0. The van der Waals surface area contributed by atoms with Crippen molar-refractivity contribution in [2.75, 3.05) is 4.90 Å². The zero-order valence-corrected chi connectivity index (χ0v) is 15.0. The van der Waals surface area contributed by atoms with Gasteiger partial charge in [-0.2, -0.15) is 0 Å². The smallest absolute Gasteiger partial charge is 0.415 e. The lowest BCUT2D eigenvalue weighted by Gasteiger charge is -2.32. The number of aliphatic hydroxyl groups excluding tert-OH is 1. The molecule has 4 nitrogen and oxygen atoms in total. The molecule has 1 amide bonds. The normalized spacial score (nSPS) is 14.2. The Morgan fingerprint density at radius 1 is 1.12 bits per heavy atom. The van der Waals surface area contributed by atoms with Crippen LogP contribution in [0.3, 0.4) is 0 Å². The molecule has 0 saturated heterocycles. The monoisotopic (exact) mass is 339 g/mol. The fourth-order valence-corrected chi connectivity index (χ4v) is 3.30. The lowest BCUT2D eigenvalue weighted by molar-refractivity contribution is 0.0566. The van der Waals surface area contributed by atoms with Crippen molar-refractivity contribution in [3.05, 3.63) is 65.2 Å². The number of amides is 1. The van der Waals surface area contributed by atoms with Crippen molar-refractivity contribution in [2.24, 2.45) is 0 Å². The summed E-state index contributed by atoms with van der Waals surface area (Å²) < 4.78 is 5.66. The first-order valence-electron chi connectivity index (χ1n) is 8.66. The molecule has 0 saturated carbocycles. The van der Waals surface area contributed by atoms with E-state index in [2.05, 4.69) is 12.1 Å². The molecular formula is C21H25NO3. The van der Waals surface area contributed by atoms with E-state index in [0.29, 0.717) is 0 Å². The summed E-state index contributed by atoms with van der Waals surface area (Å²) in [6.07, 6.45) is 1.26. The number of rotatable bonds is 3. The van der Waals surface area contributed by atoms with Gasteiger partial charge in [-0.15, -0.1) is 0 Å². The molecule has 0 bridgehead atoms. The molecule has 0 unspecified atom stereocenters. The first-order chi connectivity index (χ1) is 11.9. The zero-order chi connectivity index (χ0) is 18.0. The van der Waals surface area contributed by atoms with Gasteiger partial charge >= 0.3 is 6.09 Å². The van der Waals surface area contributed by atoms with Crippen LogP contribution in [0.5, 0.6) is 0 Å². The van der Waals surface area contributed by atoms with Crippen LogP contribution in [0.15, 0.2) is 48.5 Å². The lowest BCUT2D eigenvalue weighted by Crippen LogP contribution is -2.44. The van der Waals surface area contributed by atoms with Crippen molar-refractivity contribution in [2.45, 2.75) is 51.9 Å². The number of fused-ring (bicyclic) bond motifs is 1. The number of anilines is 1. The van der Waals surface area contributed by atoms with Crippen molar-refractivity contribution in [1.29, 1.82) is 0 Å². The second kappa shape index (κ2) is 6.89. The van der Waals surface area contributed by atoms with Crippen LogP contribution in [0.25, 0.3) is 0 Å². The SMILES string of the molecule is CC(C)(C)OC(=O)N(c1cccc(CO)c1)C1Cc2ccccc2C1. The lowest BCUT2D eigenvalue weighted by atomic mass is 10.1. The average molecular weight is 339 g/mol. The number of nitrogens with zero attached hydrogens (tertiary/aromatic N) is 1. The molecule has 0 heterocycles. The molecule has 1 aliphatic carbocycles.